The van der Waals surface area contributed by atoms with Crippen LogP contribution >= 0.6 is 0 Å². The van der Waals surface area contributed by atoms with Gasteiger partial charge in [-0.1, -0.05) is 55.0 Å². The highest BCUT2D eigenvalue weighted by Gasteiger charge is 2.17. The highest BCUT2D eigenvalue weighted by atomic mass is 19.1. The molecule has 2 aromatic rings. The van der Waals surface area contributed by atoms with Crippen molar-refractivity contribution in [3.63, 3.8) is 0 Å². The Morgan fingerprint density at radius 3 is 2.53 bits per heavy atom. The van der Waals surface area contributed by atoms with Crippen molar-refractivity contribution in [2.24, 2.45) is 0 Å². The quantitative estimate of drug-likeness (QED) is 0.868. The largest absolute Gasteiger partial charge is 0.306 e. The first kappa shape index (κ1) is 13.8. The predicted molar refractivity (Wildman–Crippen MR) is 77.8 cm³/mol. The summed E-state index contributed by atoms with van der Waals surface area (Å²) in [5.41, 5.74) is 3.69. The third-order valence-corrected chi connectivity index (χ3v) is 3.32. The number of nitrogens with one attached hydrogen (secondary N) is 1. The van der Waals surface area contributed by atoms with Crippen molar-refractivity contribution in [3.05, 3.63) is 70.5 Å². The van der Waals surface area contributed by atoms with E-state index in [4.69, 9.17) is 0 Å². The molecule has 2 heteroatoms. The van der Waals surface area contributed by atoms with Crippen molar-refractivity contribution in [1.29, 1.82) is 0 Å². The first-order valence-electron chi connectivity index (χ1n) is 6.68. The highest BCUT2D eigenvalue weighted by Crippen LogP contribution is 2.26. The van der Waals surface area contributed by atoms with Gasteiger partial charge in [0.05, 0.1) is 6.04 Å². The van der Waals surface area contributed by atoms with Crippen molar-refractivity contribution in [2.45, 2.75) is 26.8 Å². The van der Waals surface area contributed by atoms with Crippen molar-refractivity contribution >= 4 is 0 Å². The Bertz CT molecular complexity index is 563. The van der Waals surface area contributed by atoms with Crippen molar-refractivity contribution in [2.75, 3.05) is 6.54 Å². The van der Waals surface area contributed by atoms with Crippen LogP contribution in [-0.2, 0) is 0 Å². The molecule has 1 nitrogen and oxygen atoms in total. The lowest BCUT2D eigenvalue weighted by Gasteiger charge is -2.20. The number of hydrogen-bond donors (Lipinski definition) is 1. The fourth-order valence-corrected chi connectivity index (χ4v) is 2.35. The third-order valence-electron chi connectivity index (χ3n) is 3.32. The van der Waals surface area contributed by atoms with Crippen LogP contribution in [0.1, 0.15) is 35.2 Å². The molecule has 0 aliphatic rings. The number of rotatable bonds is 4. The molecule has 0 bridgehead atoms. The molecule has 1 N–H and O–H groups in total. The average molecular weight is 257 g/mol. The first-order chi connectivity index (χ1) is 9.13. The zero-order valence-electron chi connectivity index (χ0n) is 11.7. The van der Waals surface area contributed by atoms with Gasteiger partial charge in [-0.25, -0.2) is 4.39 Å². The lowest BCUT2D eigenvalue weighted by atomic mass is 9.95. The van der Waals surface area contributed by atoms with Gasteiger partial charge in [-0.3, -0.25) is 0 Å². The zero-order chi connectivity index (χ0) is 13.8. The molecular formula is C17H20FN. The van der Waals surface area contributed by atoms with E-state index in [1.165, 1.54) is 5.56 Å². The molecule has 2 aromatic carbocycles. The summed E-state index contributed by atoms with van der Waals surface area (Å²) in [7, 11) is 0. The molecule has 0 amide bonds. The van der Waals surface area contributed by atoms with Gasteiger partial charge >= 0.3 is 0 Å². The monoisotopic (exact) mass is 257 g/mol. The highest BCUT2D eigenvalue weighted by molar-refractivity contribution is 5.36. The Hall–Kier alpha value is -1.67. The number of hydrogen-bond acceptors (Lipinski definition) is 1. The maximum absolute atomic E-state index is 14.3. The van der Waals surface area contributed by atoms with Crippen LogP contribution in [0.2, 0.25) is 0 Å². The van der Waals surface area contributed by atoms with E-state index in [0.29, 0.717) is 11.1 Å². The van der Waals surface area contributed by atoms with E-state index in [2.05, 4.69) is 24.4 Å². The lowest BCUT2D eigenvalue weighted by Crippen LogP contribution is -2.23. The maximum Gasteiger partial charge on any atom is 0.131 e. The van der Waals surface area contributed by atoms with Crippen molar-refractivity contribution in [3.8, 4) is 0 Å². The maximum atomic E-state index is 14.3. The third kappa shape index (κ3) is 3.02. The van der Waals surface area contributed by atoms with Crippen LogP contribution < -0.4 is 5.32 Å². The van der Waals surface area contributed by atoms with Gasteiger partial charge < -0.3 is 5.32 Å². The summed E-state index contributed by atoms with van der Waals surface area (Å²) < 4.78 is 14.3. The topological polar surface area (TPSA) is 12.0 Å². The first-order valence-corrected chi connectivity index (χ1v) is 6.68. The Kier molecular flexibility index (Phi) is 4.33. The summed E-state index contributed by atoms with van der Waals surface area (Å²) in [6.07, 6.45) is 0. The van der Waals surface area contributed by atoms with E-state index < -0.39 is 0 Å². The summed E-state index contributed by atoms with van der Waals surface area (Å²) in [6.45, 7) is 6.69. The molecule has 0 saturated heterocycles. The molecule has 0 aromatic heterocycles. The molecule has 0 heterocycles. The van der Waals surface area contributed by atoms with Gasteiger partial charge in [0.2, 0.25) is 0 Å². The molecule has 19 heavy (non-hydrogen) atoms. The second-order valence-corrected chi connectivity index (χ2v) is 4.88. The van der Waals surface area contributed by atoms with E-state index in [1.807, 2.05) is 31.2 Å². The average Bonchev–Trinajstić information content (AvgIpc) is 2.40. The molecular weight excluding hydrogens is 237 g/mol. The number of benzene rings is 2. The minimum absolute atomic E-state index is 0.0928. The molecule has 1 atom stereocenters. The minimum atomic E-state index is -0.116. The van der Waals surface area contributed by atoms with Crippen LogP contribution in [0.25, 0.3) is 0 Å². The molecule has 0 aliphatic carbocycles. The molecule has 1 unspecified atom stereocenters. The summed E-state index contributed by atoms with van der Waals surface area (Å²) in [4.78, 5) is 0. The van der Waals surface area contributed by atoms with Gasteiger partial charge in [0.15, 0.2) is 0 Å². The lowest BCUT2D eigenvalue weighted by molar-refractivity contribution is 0.553. The summed E-state index contributed by atoms with van der Waals surface area (Å²) in [5.74, 6) is -0.116. The number of aryl methyl sites for hydroxylation is 2. The van der Waals surface area contributed by atoms with Crippen LogP contribution in [0, 0.1) is 19.7 Å². The normalized spacial score (nSPS) is 12.4. The predicted octanol–water partition coefficient (Wildman–Crippen LogP) is 4.14. The molecule has 0 spiro atoms. The Morgan fingerprint density at radius 2 is 1.84 bits per heavy atom. The van der Waals surface area contributed by atoms with Crippen molar-refractivity contribution < 1.29 is 4.39 Å². The zero-order valence-corrected chi connectivity index (χ0v) is 11.7. The van der Waals surface area contributed by atoms with Crippen LogP contribution in [0.4, 0.5) is 4.39 Å². The smallest absolute Gasteiger partial charge is 0.131 e. The standard InChI is InChI=1S/C17H20FN/c1-4-19-17(14-9-5-7-12(2)11-14)15-10-6-8-13(3)16(15)18/h5-11,17,19H,4H2,1-3H3. The molecule has 2 rings (SSSR count). The van der Waals surface area contributed by atoms with E-state index in [9.17, 15) is 4.39 Å². The molecule has 0 saturated carbocycles. The fourth-order valence-electron chi connectivity index (χ4n) is 2.35. The second-order valence-electron chi connectivity index (χ2n) is 4.88. The van der Waals surface area contributed by atoms with Gasteiger partial charge in [-0.2, -0.15) is 0 Å². The Morgan fingerprint density at radius 1 is 1.11 bits per heavy atom. The molecule has 0 fully saturated rings. The molecule has 100 valence electrons. The van der Waals surface area contributed by atoms with Gasteiger partial charge in [0, 0.05) is 5.56 Å². The van der Waals surface area contributed by atoms with E-state index in [-0.39, 0.29) is 11.9 Å². The van der Waals surface area contributed by atoms with Crippen LogP contribution in [-0.4, -0.2) is 6.54 Å². The van der Waals surface area contributed by atoms with Gasteiger partial charge in [-0.05, 0) is 31.5 Å². The molecule has 0 aliphatic heterocycles. The van der Waals surface area contributed by atoms with E-state index in [0.717, 1.165) is 12.1 Å². The summed E-state index contributed by atoms with van der Waals surface area (Å²) in [6, 6.07) is 13.7. The van der Waals surface area contributed by atoms with E-state index >= 15 is 0 Å². The van der Waals surface area contributed by atoms with E-state index in [1.54, 1.807) is 13.0 Å². The van der Waals surface area contributed by atoms with Gasteiger partial charge in [0.25, 0.3) is 0 Å². The second kappa shape index (κ2) is 5.98. The van der Waals surface area contributed by atoms with Crippen molar-refractivity contribution in [1.82, 2.24) is 5.32 Å². The van der Waals surface area contributed by atoms with Crippen LogP contribution in [0.15, 0.2) is 42.5 Å². The summed E-state index contributed by atoms with van der Waals surface area (Å²) in [5, 5.41) is 3.37. The minimum Gasteiger partial charge on any atom is -0.306 e. The fraction of sp³-hybridized carbons (Fsp3) is 0.294. The van der Waals surface area contributed by atoms with Gasteiger partial charge in [0.1, 0.15) is 5.82 Å². The van der Waals surface area contributed by atoms with Crippen LogP contribution in [0.3, 0.4) is 0 Å². The SMILES string of the molecule is CCNC(c1cccc(C)c1)c1cccc(C)c1F. The Balaban J connectivity index is 2.48. The summed E-state index contributed by atoms with van der Waals surface area (Å²) >= 11 is 0. The van der Waals surface area contributed by atoms with Crippen LogP contribution in [0.5, 0.6) is 0 Å². The number of halogens is 1. The molecule has 0 radical (unpaired) electrons. The van der Waals surface area contributed by atoms with Gasteiger partial charge in [-0.15, -0.1) is 0 Å². The Labute approximate surface area is 114 Å².